The maximum atomic E-state index is 12.4. The standard InChI is InChI=1S/C15H16N4O3S.ClH/c1-8-6-10(19(21)22)3-4-11(8)14(20)18-15-17-12-5-2-9(16)7-13(12)23-15;/h3-4,6,9H,2,5,7,16H2,1H3,(H,17,18,20);1H/t9-;/m0./s1. The minimum atomic E-state index is -0.479. The Kier molecular flexibility index (Phi) is 5.53. The number of non-ortho nitro benzene ring substituents is 1. The van der Waals surface area contributed by atoms with Crippen LogP contribution >= 0.6 is 23.7 Å². The zero-order valence-corrected chi connectivity index (χ0v) is 14.6. The van der Waals surface area contributed by atoms with Crippen molar-refractivity contribution in [2.75, 3.05) is 5.32 Å². The maximum Gasteiger partial charge on any atom is 0.269 e. The van der Waals surface area contributed by atoms with Crippen molar-refractivity contribution in [3.05, 3.63) is 50.0 Å². The number of nitro groups is 1. The van der Waals surface area contributed by atoms with Crippen LogP contribution in [0, 0.1) is 17.0 Å². The first-order valence-electron chi connectivity index (χ1n) is 7.24. The number of anilines is 1. The molecular formula is C15H17ClN4O3S. The first kappa shape index (κ1) is 18.3. The molecule has 1 aromatic heterocycles. The second kappa shape index (κ2) is 7.25. The molecule has 7 nitrogen and oxygen atoms in total. The fourth-order valence-corrected chi connectivity index (χ4v) is 3.73. The van der Waals surface area contributed by atoms with E-state index in [9.17, 15) is 14.9 Å². The molecular weight excluding hydrogens is 352 g/mol. The molecule has 0 fully saturated rings. The van der Waals surface area contributed by atoms with Gasteiger partial charge in [0.1, 0.15) is 0 Å². The summed E-state index contributed by atoms with van der Waals surface area (Å²) in [6.45, 7) is 1.67. The summed E-state index contributed by atoms with van der Waals surface area (Å²) < 4.78 is 0. The topological polar surface area (TPSA) is 111 Å². The van der Waals surface area contributed by atoms with Gasteiger partial charge in [0.2, 0.25) is 0 Å². The van der Waals surface area contributed by atoms with E-state index in [4.69, 9.17) is 5.73 Å². The van der Waals surface area contributed by atoms with Gasteiger partial charge in [0.05, 0.1) is 10.6 Å². The van der Waals surface area contributed by atoms with Crippen molar-refractivity contribution < 1.29 is 9.72 Å². The summed E-state index contributed by atoms with van der Waals surface area (Å²) in [6.07, 6.45) is 2.53. The molecule has 1 aliphatic carbocycles. The van der Waals surface area contributed by atoms with Crippen LogP contribution in [0.2, 0.25) is 0 Å². The number of aromatic nitrogens is 1. The van der Waals surface area contributed by atoms with Crippen LogP contribution in [0.4, 0.5) is 10.8 Å². The molecule has 128 valence electrons. The maximum absolute atomic E-state index is 12.4. The quantitative estimate of drug-likeness (QED) is 0.639. The van der Waals surface area contributed by atoms with Crippen molar-refractivity contribution in [1.82, 2.24) is 4.98 Å². The van der Waals surface area contributed by atoms with Crippen molar-refractivity contribution in [1.29, 1.82) is 0 Å². The van der Waals surface area contributed by atoms with Gasteiger partial charge in [0, 0.05) is 28.6 Å². The van der Waals surface area contributed by atoms with Crippen LogP contribution in [-0.4, -0.2) is 21.9 Å². The van der Waals surface area contributed by atoms with Gasteiger partial charge in [-0.3, -0.25) is 20.2 Å². The van der Waals surface area contributed by atoms with E-state index in [2.05, 4.69) is 10.3 Å². The molecule has 0 saturated heterocycles. The lowest BCUT2D eigenvalue weighted by atomic mass is 9.99. The largest absolute Gasteiger partial charge is 0.327 e. The van der Waals surface area contributed by atoms with E-state index >= 15 is 0 Å². The number of nitrogens with one attached hydrogen (secondary N) is 1. The van der Waals surface area contributed by atoms with Crippen molar-refractivity contribution >= 4 is 40.5 Å². The number of rotatable bonds is 3. The van der Waals surface area contributed by atoms with Crippen molar-refractivity contribution in [3.63, 3.8) is 0 Å². The summed E-state index contributed by atoms with van der Waals surface area (Å²) in [5, 5.41) is 14.1. The third kappa shape index (κ3) is 3.72. The molecule has 0 unspecified atom stereocenters. The Morgan fingerprint density at radius 3 is 2.92 bits per heavy atom. The van der Waals surface area contributed by atoms with Gasteiger partial charge in [-0.2, -0.15) is 0 Å². The molecule has 0 bridgehead atoms. The van der Waals surface area contributed by atoms with Crippen molar-refractivity contribution in [2.24, 2.45) is 5.73 Å². The molecule has 1 aromatic carbocycles. The summed E-state index contributed by atoms with van der Waals surface area (Å²) in [5.74, 6) is -0.312. The van der Waals surface area contributed by atoms with Crippen LogP contribution < -0.4 is 11.1 Å². The molecule has 0 spiro atoms. The zero-order chi connectivity index (χ0) is 16.6. The fourth-order valence-electron chi connectivity index (χ4n) is 2.63. The predicted octanol–water partition coefficient (Wildman–Crippen LogP) is 2.85. The highest BCUT2D eigenvalue weighted by Crippen LogP contribution is 2.29. The number of fused-ring (bicyclic) bond motifs is 1. The highest BCUT2D eigenvalue weighted by molar-refractivity contribution is 7.15. The van der Waals surface area contributed by atoms with Gasteiger partial charge in [-0.15, -0.1) is 23.7 Å². The Hall–Kier alpha value is -2.03. The van der Waals surface area contributed by atoms with E-state index < -0.39 is 4.92 Å². The predicted molar refractivity (Wildman–Crippen MR) is 95.1 cm³/mol. The van der Waals surface area contributed by atoms with Crippen LogP contribution in [0.15, 0.2) is 18.2 Å². The molecule has 1 aliphatic rings. The van der Waals surface area contributed by atoms with Crippen molar-refractivity contribution in [2.45, 2.75) is 32.2 Å². The molecule has 9 heteroatoms. The lowest BCUT2D eigenvalue weighted by Gasteiger charge is -2.15. The molecule has 1 atom stereocenters. The SMILES string of the molecule is Cc1cc([N+](=O)[O-])ccc1C(=O)Nc1nc2c(s1)C[C@@H](N)CC2.Cl. The Morgan fingerprint density at radius 2 is 2.25 bits per heavy atom. The van der Waals surface area contributed by atoms with Crippen LogP contribution in [0.25, 0.3) is 0 Å². The van der Waals surface area contributed by atoms with Gasteiger partial charge < -0.3 is 5.73 Å². The smallest absolute Gasteiger partial charge is 0.269 e. The van der Waals surface area contributed by atoms with Crippen LogP contribution in [0.3, 0.4) is 0 Å². The number of carbonyl (C=O) groups excluding carboxylic acids is 1. The summed E-state index contributed by atoms with van der Waals surface area (Å²) in [7, 11) is 0. The molecule has 0 radical (unpaired) electrons. The van der Waals surface area contributed by atoms with Crippen LogP contribution in [0.1, 0.15) is 32.9 Å². The Balaban J connectivity index is 0.00000208. The number of halogens is 1. The summed E-state index contributed by atoms with van der Waals surface area (Å²) in [5.41, 5.74) is 7.88. The second-order valence-corrected chi connectivity index (χ2v) is 6.69. The van der Waals surface area contributed by atoms with Gasteiger partial charge in [0.15, 0.2) is 5.13 Å². The third-order valence-electron chi connectivity index (χ3n) is 3.86. The lowest BCUT2D eigenvalue weighted by Crippen LogP contribution is -2.27. The third-order valence-corrected chi connectivity index (χ3v) is 4.90. The molecule has 1 amide bonds. The summed E-state index contributed by atoms with van der Waals surface area (Å²) in [4.78, 5) is 28.2. The average Bonchev–Trinajstić information content (AvgIpc) is 2.88. The molecule has 3 N–H and O–H groups in total. The highest BCUT2D eigenvalue weighted by atomic mass is 35.5. The zero-order valence-electron chi connectivity index (χ0n) is 12.9. The average molecular weight is 369 g/mol. The number of hydrogen-bond acceptors (Lipinski definition) is 6. The van der Waals surface area contributed by atoms with Gasteiger partial charge in [-0.25, -0.2) is 4.98 Å². The summed E-state index contributed by atoms with van der Waals surface area (Å²) in [6, 6.07) is 4.34. The summed E-state index contributed by atoms with van der Waals surface area (Å²) >= 11 is 1.44. The fraction of sp³-hybridized carbons (Fsp3) is 0.333. The van der Waals surface area contributed by atoms with Crippen LogP contribution in [0.5, 0.6) is 0 Å². The molecule has 1 heterocycles. The Morgan fingerprint density at radius 1 is 1.50 bits per heavy atom. The first-order chi connectivity index (χ1) is 10.9. The number of nitrogens with two attached hydrogens (primary N) is 1. The molecule has 2 aromatic rings. The van der Waals surface area contributed by atoms with Crippen molar-refractivity contribution in [3.8, 4) is 0 Å². The lowest BCUT2D eigenvalue weighted by molar-refractivity contribution is -0.384. The van der Waals surface area contributed by atoms with E-state index in [1.807, 2.05) is 0 Å². The number of hydrogen-bond donors (Lipinski definition) is 2. The number of nitro benzene ring substituents is 1. The molecule has 3 rings (SSSR count). The minimum absolute atomic E-state index is 0. The molecule has 24 heavy (non-hydrogen) atoms. The number of nitrogens with zero attached hydrogens (tertiary/aromatic N) is 2. The molecule has 0 aliphatic heterocycles. The van der Waals surface area contributed by atoms with E-state index in [1.54, 1.807) is 6.92 Å². The monoisotopic (exact) mass is 368 g/mol. The number of carbonyl (C=O) groups is 1. The second-order valence-electron chi connectivity index (χ2n) is 5.60. The number of amides is 1. The number of thiazole rings is 1. The van der Waals surface area contributed by atoms with Gasteiger partial charge >= 0.3 is 0 Å². The van der Waals surface area contributed by atoms with Gasteiger partial charge in [0.25, 0.3) is 11.6 Å². The van der Waals surface area contributed by atoms with Gasteiger partial charge in [-0.1, -0.05) is 0 Å². The number of aryl methyl sites for hydroxylation is 2. The Labute approximate surface area is 148 Å². The molecule has 0 saturated carbocycles. The van der Waals surface area contributed by atoms with E-state index in [1.165, 1.54) is 29.5 Å². The van der Waals surface area contributed by atoms with Crippen LogP contribution in [-0.2, 0) is 12.8 Å². The van der Waals surface area contributed by atoms with Gasteiger partial charge in [-0.05, 0) is 37.8 Å². The first-order valence-corrected chi connectivity index (χ1v) is 8.06. The Bertz CT molecular complexity index is 793. The number of benzene rings is 1. The van der Waals surface area contributed by atoms with E-state index in [-0.39, 0.29) is 30.0 Å². The van der Waals surface area contributed by atoms with E-state index in [0.717, 1.165) is 29.8 Å². The minimum Gasteiger partial charge on any atom is -0.327 e. The van der Waals surface area contributed by atoms with E-state index in [0.29, 0.717) is 16.3 Å². The normalized spacial score (nSPS) is 16.0. The highest BCUT2D eigenvalue weighted by Gasteiger charge is 2.21.